The number of hydrogen-bond donors (Lipinski definition) is 0. The smallest absolute Gasteiger partial charge is 0.0187 e. The zero-order valence-corrected chi connectivity index (χ0v) is 11.2. The lowest BCUT2D eigenvalue weighted by Crippen LogP contribution is -1.80. The molecule has 0 bridgehead atoms. The molecule has 0 radical (unpaired) electrons. The molecule has 1 aromatic rings. The van der Waals surface area contributed by atoms with E-state index in [1.165, 1.54) is 16.7 Å². The summed E-state index contributed by atoms with van der Waals surface area (Å²) in [6, 6.07) is 8.65. The molecule has 0 amide bonds. The molecule has 16 heavy (non-hydrogen) atoms. The maximum absolute atomic E-state index is 2.19. The van der Waals surface area contributed by atoms with Crippen molar-refractivity contribution in [2.45, 2.75) is 41.0 Å². The summed E-state index contributed by atoms with van der Waals surface area (Å²) < 4.78 is 0. The highest BCUT2D eigenvalue weighted by molar-refractivity contribution is 5.73. The lowest BCUT2D eigenvalue weighted by molar-refractivity contribution is 1.22. The van der Waals surface area contributed by atoms with Crippen LogP contribution in [0.1, 0.15) is 45.2 Å². The second-order valence-corrected chi connectivity index (χ2v) is 3.42. The average Bonchev–Trinajstić information content (AvgIpc) is 2.35. The molecule has 0 aliphatic carbocycles. The normalized spacial score (nSPS) is 11.2. The maximum Gasteiger partial charge on any atom is -0.0187 e. The van der Waals surface area contributed by atoms with Gasteiger partial charge in [-0.15, -0.1) is 0 Å². The molecule has 88 valence electrons. The molecule has 1 rings (SSSR count). The fourth-order valence-electron chi connectivity index (χ4n) is 1.35. The molecule has 0 spiro atoms. The van der Waals surface area contributed by atoms with E-state index in [1.807, 2.05) is 13.8 Å². The molecular formula is C16H24. The van der Waals surface area contributed by atoms with Gasteiger partial charge in [0.05, 0.1) is 0 Å². The molecule has 0 saturated heterocycles. The molecule has 0 aliphatic rings. The van der Waals surface area contributed by atoms with Gasteiger partial charge in [0, 0.05) is 0 Å². The molecule has 0 heteroatoms. The minimum absolute atomic E-state index is 1.09. The number of hydrogen-bond acceptors (Lipinski definition) is 0. The number of aryl methyl sites for hydroxylation is 1. The topological polar surface area (TPSA) is 0 Å². The first-order valence-electron chi connectivity index (χ1n) is 6.17. The van der Waals surface area contributed by atoms with Crippen molar-refractivity contribution in [1.29, 1.82) is 0 Å². The lowest BCUT2D eigenvalue weighted by Gasteiger charge is -2.02. The fourth-order valence-corrected chi connectivity index (χ4v) is 1.35. The first-order chi connectivity index (χ1) is 7.77. The summed E-state index contributed by atoms with van der Waals surface area (Å²) in [7, 11) is 0. The van der Waals surface area contributed by atoms with E-state index in [2.05, 4.69) is 63.3 Å². The second-order valence-electron chi connectivity index (χ2n) is 3.42. The zero-order valence-electron chi connectivity index (χ0n) is 11.2. The van der Waals surface area contributed by atoms with Gasteiger partial charge in [0.15, 0.2) is 0 Å². The van der Waals surface area contributed by atoms with Gasteiger partial charge in [0.2, 0.25) is 0 Å². The van der Waals surface area contributed by atoms with Crippen LogP contribution in [0.25, 0.3) is 5.57 Å². The van der Waals surface area contributed by atoms with Crippen LogP contribution in [0.5, 0.6) is 0 Å². The second kappa shape index (κ2) is 8.96. The monoisotopic (exact) mass is 216 g/mol. The predicted molar refractivity (Wildman–Crippen MR) is 75.6 cm³/mol. The van der Waals surface area contributed by atoms with Gasteiger partial charge < -0.3 is 0 Å². The van der Waals surface area contributed by atoms with Crippen LogP contribution in [0.15, 0.2) is 42.5 Å². The van der Waals surface area contributed by atoms with Gasteiger partial charge in [0.25, 0.3) is 0 Å². The summed E-state index contributed by atoms with van der Waals surface area (Å²) in [5.41, 5.74) is 3.90. The Bertz CT molecular complexity index is 326. The summed E-state index contributed by atoms with van der Waals surface area (Å²) in [5, 5.41) is 0. The predicted octanol–water partition coefficient (Wildman–Crippen LogP) is 5.39. The van der Waals surface area contributed by atoms with Crippen LogP contribution >= 0.6 is 0 Å². The minimum Gasteiger partial charge on any atom is -0.0842 e. The van der Waals surface area contributed by atoms with Crippen molar-refractivity contribution in [3.05, 3.63) is 53.6 Å². The van der Waals surface area contributed by atoms with E-state index >= 15 is 0 Å². The lowest BCUT2D eigenvalue weighted by atomic mass is 10.0. The van der Waals surface area contributed by atoms with Crippen molar-refractivity contribution in [3.63, 3.8) is 0 Å². The average molecular weight is 216 g/mol. The number of benzene rings is 1. The van der Waals surface area contributed by atoms with E-state index in [0.29, 0.717) is 0 Å². The van der Waals surface area contributed by atoms with E-state index in [0.717, 1.165) is 6.42 Å². The van der Waals surface area contributed by atoms with Crippen LogP contribution in [-0.4, -0.2) is 0 Å². The number of allylic oxidation sites excluding steroid dienone is 4. The highest BCUT2D eigenvalue weighted by Gasteiger charge is 1.94. The van der Waals surface area contributed by atoms with Crippen molar-refractivity contribution >= 4 is 5.57 Å². The maximum atomic E-state index is 2.19. The molecule has 0 heterocycles. The van der Waals surface area contributed by atoms with Crippen LogP contribution in [0.2, 0.25) is 0 Å². The highest BCUT2D eigenvalue weighted by Crippen LogP contribution is 2.16. The molecule has 0 unspecified atom stereocenters. The molecule has 0 aromatic heterocycles. The number of rotatable bonds is 3. The van der Waals surface area contributed by atoms with Crippen LogP contribution in [0.4, 0.5) is 0 Å². The summed E-state index contributed by atoms with van der Waals surface area (Å²) in [4.78, 5) is 0. The van der Waals surface area contributed by atoms with E-state index in [4.69, 9.17) is 0 Å². The summed E-state index contributed by atoms with van der Waals surface area (Å²) in [6.45, 7) is 10.3. The highest BCUT2D eigenvalue weighted by atomic mass is 14.0. The molecule has 0 N–H and O–H groups in total. The Balaban J connectivity index is 0.00000106. The van der Waals surface area contributed by atoms with Crippen LogP contribution in [0, 0.1) is 6.92 Å². The molecule has 0 saturated carbocycles. The van der Waals surface area contributed by atoms with E-state index in [-0.39, 0.29) is 0 Å². The van der Waals surface area contributed by atoms with Crippen molar-refractivity contribution in [2.75, 3.05) is 0 Å². The van der Waals surface area contributed by atoms with Crippen molar-refractivity contribution < 1.29 is 0 Å². The quantitative estimate of drug-likeness (QED) is 0.594. The third-order valence-corrected chi connectivity index (χ3v) is 2.23. The standard InChI is InChI=1S/C14H18.C2H6/c1-4-6-7-13(5-2)14-10-8-12(3)9-11-14;1-2/h5-11H,4H2,1-3H3;1-2H3/b7-6-,13-5+;. The van der Waals surface area contributed by atoms with Gasteiger partial charge in [-0.3, -0.25) is 0 Å². The Morgan fingerprint density at radius 3 is 2.12 bits per heavy atom. The SMILES string of the molecule is C/C=C(\C=C/CC)c1ccc(C)cc1.CC. The Morgan fingerprint density at radius 1 is 1.12 bits per heavy atom. The summed E-state index contributed by atoms with van der Waals surface area (Å²) in [6.07, 6.45) is 7.61. The largest absolute Gasteiger partial charge is 0.0842 e. The molecule has 1 aromatic carbocycles. The van der Waals surface area contributed by atoms with Crippen molar-refractivity contribution in [1.82, 2.24) is 0 Å². The van der Waals surface area contributed by atoms with Crippen molar-refractivity contribution in [2.24, 2.45) is 0 Å². The first kappa shape index (κ1) is 14.7. The minimum atomic E-state index is 1.09. The van der Waals surface area contributed by atoms with Gasteiger partial charge in [-0.25, -0.2) is 0 Å². The third kappa shape index (κ3) is 4.97. The fraction of sp³-hybridized carbons (Fsp3) is 0.375. The Kier molecular flexibility index (Phi) is 8.24. The summed E-state index contributed by atoms with van der Waals surface area (Å²) in [5.74, 6) is 0. The molecule has 0 aliphatic heterocycles. The Morgan fingerprint density at radius 2 is 1.69 bits per heavy atom. The van der Waals surface area contributed by atoms with Crippen molar-refractivity contribution in [3.8, 4) is 0 Å². The first-order valence-corrected chi connectivity index (χ1v) is 6.17. The Labute approximate surface area is 101 Å². The molecule has 0 nitrogen and oxygen atoms in total. The van der Waals surface area contributed by atoms with E-state index in [1.54, 1.807) is 0 Å². The van der Waals surface area contributed by atoms with Gasteiger partial charge in [-0.2, -0.15) is 0 Å². The van der Waals surface area contributed by atoms with Gasteiger partial charge in [-0.1, -0.05) is 68.8 Å². The van der Waals surface area contributed by atoms with Crippen LogP contribution in [0.3, 0.4) is 0 Å². The molecular weight excluding hydrogens is 192 g/mol. The third-order valence-electron chi connectivity index (χ3n) is 2.23. The molecule has 0 atom stereocenters. The zero-order chi connectivity index (χ0) is 12.4. The van der Waals surface area contributed by atoms with E-state index in [9.17, 15) is 0 Å². The van der Waals surface area contributed by atoms with E-state index < -0.39 is 0 Å². The van der Waals surface area contributed by atoms with Crippen LogP contribution in [-0.2, 0) is 0 Å². The van der Waals surface area contributed by atoms with Crippen LogP contribution < -0.4 is 0 Å². The van der Waals surface area contributed by atoms with Gasteiger partial charge in [-0.05, 0) is 31.4 Å². The molecule has 0 fully saturated rings. The van der Waals surface area contributed by atoms with Gasteiger partial charge >= 0.3 is 0 Å². The Hall–Kier alpha value is -1.30. The summed E-state index contributed by atoms with van der Waals surface area (Å²) >= 11 is 0. The van der Waals surface area contributed by atoms with Gasteiger partial charge in [0.1, 0.15) is 0 Å².